The Morgan fingerprint density at radius 1 is 1.25 bits per heavy atom. The van der Waals surface area contributed by atoms with E-state index < -0.39 is 10.0 Å². The van der Waals surface area contributed by atoms with Crippen LogP contribution >= 0.6 is 11.3 Å². The molecule has 24 heavy (non-hydrogen) atoms. The number of sulfonamides is 1. The second-order valence-electron chi connectivity index (χ2n) is 6.34. The van der Waals surface area contributed by atoms with Crippen LogP contribution in [0.15, 0.2) is 40.6 Å². The molecular weight excluding hydrogens is 344 g/mol. The van der Waals surface area contributed by atoms with Crippen molar-refractivity contribution >= 4 is 33.0 Å². The quantitative estimate of drug-likeness (QED) is 0.842. The average Bonchev–Trinajstić information content (AvgIpc) is 3.23. The van der Waals surface area contributed by atoms with Crippen molar-refractivity contribution in [2.75, 3.05) is 24.5 Å². The zero-order valence-electron chi connectivity index (χ0n) is 13.3. The number of hydrogen-bond donors (Lipinski definition) is 0. The van der Waals surface area contributed by atoms with Crippen molar-refractivity contribution in [3.63, 3.8) is 0 Å². The van der Waals surface area contributed by atoms with E-state index in [9.17, 15) is 13.2 Å². The summed E-state index contributed by atoms with van der Waals surface area (Å²) in [7, 11) is -3.66. The molecule has 0 aliphatic carbocycles. The normalized spacial score (nSPS) is 22.2. The summed E-state index contributed by atoms with van der Waals surface area (Å²) >= 11 is 1.19. The molecule has 2 aromatic rings. The molecule has 0 bridgehead atoms. The maximum Gasteiger partial charge on any atom is 0.277 e. The predicted molar refractivity (Wildman–Crippen MR) is 94.0 cm³/mol. The fourth-order valence-corrected chi connectivity index (χ4v) is 6.61. The third kappa shape index (κ3) is 2.43. The van der Waals surface area contributed by atoms with Gasteiger partial charge in [-0.05, 0) is 37.5 Å². The zero-order valence-corrected chi connectivity index (χ0v) is 14.9. The van der Waals surface area contributed by atoms with Crippen LogP contribution in [0.1, 0.15) is 21.7 Å². The van der Waals surface area contributed by atoms with E-state index in [1.165, 1.54) is 11.3 Å². The molecule has 1 atom stereocenters. The van der Waals surface area contributed by atoms with E-state index in [1.54, 1.807) is 6.07 Å². The smallest absolute Gasteiger partial charge is 0.277 e. The summed E-state index contributed by atoms with van der Waals surface area (Å²) in [5.74, 6) is -0.202. The van der Waals surface area contributed by atoms with Gasteiger partial charge in [-0.2, -0.15) is 0 Å². The second kappa shape index (κ2) is 5.60. The lowest BCUT2D eigenvalue weighted by atomic mass is 10.1. The van der Waals surface area contributed by atoms with Crippen LogP contribution in [-0.4, -0.2) is 38.3 Å². The summed E-state index contributed by atoms with van der Waals surface area (Å²) in [5.41, 5.74) is 1.49. The van der Waals surface area contributed by atoms with E-state index in [4.69, 9.17) is 0 Å². The van der Waals surface area contributed by atoms with Crippen LogP contribution in [0.5, 0.6) is 0 Å². The lowest BCUT2D eigenvalue weighted by Gasteiger charge is -2.21. The minimum Gasteiger partial charge on any atom is -0.371 e. The summed E-state index contributed by atoms with van der Waals surface area (Å²) in [6, 6.07) is 11.8. The maximum absolute atomic E-state index is 12.6. The van der Waals surface area contributed by atoms with Gasteiger partial charge in [0.25, 0.3) is 15.9 Å². The minimum atomic E-state index is -3.66. The van der Waals surface area contributed by atoms with Crippen molar-refractivity contribution in [2.24, 2.45) is 5.92 Å². The van der Waals surface area contributed by atoms with Gasteiger partial charge in [0.1, 0.15) is 0 Å². The van der Waals surface area contributed by atoms with E-state index in [-0.39, 0.29) is 22.6 Å². The van der Waals surface area contributed by atoms with Crippen LogP contribution in [0.3, 0.4) is 0 Å². The number of thiophene rings is 1. The van der Waals surface area contributed by atoms with Gasteiger partial charge < -0.3 is 4.90 Å². The Kier molecular flexibility index (Phi) is 3.65. The molecule has 3 heterocycles. The number of carbonyl (C=O) groups is 1. The first-order chi connectivity index (χ1) is 11.5. The third-order valence-electron chi connectivity index (χ3n) is 4.63. The molecule has 0 saturated carbocycles. The molecule has 1 amide bonds. The standard InChI is InChI=1S/C17H18N2O3S2/c1-12-9-15-16(20)19(24(21,22)17(15)23-12)11-13-7-8-18(10-13)14-5-3-2-4-6-14/h2-6,9,13H,7-8,10-11H2,1H3. The van der Waals surface area contributed by atoms with Crippen molar-refractivity contribution in [1.29, 1.82) is 0 Å². The van der Waals surface area contributed by atoms with E-state index in [0.29, 0.717) is 5.56 Å². The Balaban J connectivity index is 1.51. The molecule has 2 aliphatic heterocycles. The summed E-state index contributed by atoms with van der Waals surface area (Å²) in [4.78, 5) is 15.6. The fraction of sp³-hybridized carbons (Fsp3) is 0.353. The molecule has 0 radical (unpaired) electrons. The van der Waals surface area contributed by atoms with Gasteiger partial charge in [-0.25, -0.2) is 12.7 Å². The highest BCUT2D eigenvalue weighted by Gasteiger charge is 2.44. The van der Waals surface area contributed by atoms with Gasteiger partial charge in [-0.3, -0.25) is 4.79 Å². The summed E-state index contributed by atoms with van der Waals surface area (Å²) < 4.78 is 26.6. The first-order valence-corrected chi connectivity index (χ1v) is 10.2. The first-order valence-electron chi connectivity index (χ1n) is 7.94. The van der Waals surface area contributed by atoms with E-state index in [2.05, 4.69) is 17.0 Å². The van der Waals surface area contributed by atoms with Gasteiger partial charge in [-0.1, -0.05) is 18.2 Å². The van der Waals surface area contributed by atoms with Crippen molar-refractivity contribution in [1.82, 2.24) is 4.31 Å². The molecule has 5 nitrogen and oxygen atoms in total. The van der Waals surface area contributed by atoms with Gasteiger partial charge in [-0.15, -0.1) is 11.3 Å². The number of rotatable bonds is 3. The number of carbonyl (C=O) groups excluding carboxylic acids is 1. The third-order valence-corrected chi connectivity index (χ3v) is 7.94. The number of hydrogen-bond acceptors (Lipinski definition) is 5. The average molecular weight is 362 g/mol. The van der Waals surface area contributed by atoms with Crippen LogP contribution in [0.25, 0.3) is 0 Å². The number of aryl methyl sites for hydroxylation is 1. The summed E-state index contributed by atoms with van der Waals surface area (Å²) in [5, 5.41) is 0. The topological polar surface area (TPSA) is 57.7 Å². The van der Waals surface area contributed by atoms with Crippen LogP contribution in [-0.2, 0) is 10.0 Å². The van der Waals surface area contributed by atoms with Crippen molar-refractivity contribution in [2.45, 2.75) is 17.6 Å². The monoisotopic (exact) mass is 362 g/mol. The zero-order chi connectivity index (χ0) is 16.9. The molecule has 1 saturated heterocycles. The number of para-hydroxylation sites is 1. The number of benzene rings is 1. The molecule has 0 spiro atoms. The highest BCUT2D eigenvalue weighted by atomic mass is 32.2. The molecule has 2 aliphatic rings. The number of anilines is 1. The molecule has 7 heteroatoms. The Morgan fingerprint density at radius 3 is 2.71 bits per heavy atom. The summed E-state index contributed by atoms with van der Waals surface area (Å²) in [6.45, 7) is 3.75. The van der Waals surface area contributed by atoms with Gasteiger partial charge in [0.05, 0.1) is 5.56 Å². The van der Waals surface area contributed by atoms with Gasteiger partial charge in [0.2, 0.25) is 0 Å². The van der Waals surface area contributed by atoms with Crippen LogP contribution < -0.4 is 4.90 Å². The Labute approximate surface area is 145 Å². The summed E-state index contributed by atoms with van der Waals surface area (Å²) in [6.07, 6.45) is 0.890. The van der Waals surface area contributed by atoms with E-state index in [1.807, 2.05) is 25.1 Å². The highest BCUT2D eigenvalue weighted by molar-refractivity contribution is 7.92. The molecule has 1 aromatic carbocycles. The predicted octanol–water partition coefficient (Wildman–Crippen LogP) is 2.73. The Morgan fingerprint density at radius 2 is 2.00 bits per heavy atom. The highest BCUT2D eigenvalue weighted by Crippen LogP contribution is 2.38. The van der Waals surface area contributed by atoms with Crippen LogP contribution in [0.4, 0.5) is 5.69 Å². The van der Waals surface area contributed by atoms with Crippen LogP contribution in [0.2, 0.25) is 0 Å². The number of amides is 1. The van der Waals surface area contributed by atoms with Gasteiger partial charge >= 0.3 is 0 Å². The largest absolute Gasteiger partial charge is 0.371 e. The SMILES string of the molecule is Cc1cc2c(s1)S(=O)(=O)N(CC1CCN(c3ccccc3)C1)C2=O. The Bertz CT molecular complexity index is 890. The molecule has 1 fully saturated rings. The van der Waals surface area contributed by atoms with Gasteiger partial charge in [0, 0.05) is 30.2 Å². The van der Waals surface area contributed by atoms with Crippen molar-refractivity contribution < 1.29 is 13.2 Å². The number of nitrogens with zero attached hydrogens (tertiary/aromatic N) is 2. The van der Waals surface area contributed by atoms with E-state index >= 15 is 0 Å². The molecule has 4 rings (SSSR count). The molecular formula is C17H18N2O3S2. The molecule has 1 aromatic heterocycles. The van der Waals surface area contributed by atoms with Crippen molar-refractivity contribution in [3.8, 4) is 0 Å². The molecule has 126 valence electrons. The lowest BCUT2D eigenvalue weighted by Crippen LogP contribution is -2.35. The number of fused-ring (bicyclic) bond motifs is 1. The fourth-order valence-electron chi connectivity index (χ4n) is 3.45. The molecule has 0 N–H and O–H groups in total. The maximum atomic E-state index is 12.6. The van der Waals surface area contributed by atoms with Crippen molar-refractivity contribution in [3.05, 3.63) is 46.8 Å². The minimum absolute atomic E-state index is 0.166. The second-order valence-corrected chi connectivity index (χ2v) is 9.65. The van der Waals surface area contributed by atoms with Crippen LogP contribution in [0, 0.1) is 12.8 Å². The Hall–Kier alpha value is -1.86. The molecule has 1 unspecified atom stereocenters. The first kappa shape index (κ1) is 15.7. The van der Waals surface area contributed by atoms with Gasteiger partial charge in [0.15, 0.2) is 4.21 Å². The van der Waals surface area contributed by atoms with E-state index in [0.717, 1.165) is 34.4 Å². The lowest BCUT2D eigenvalue weighted by molar-refractivity contribution is 0.0859.